The third-order valence-corrected chi connectivity index (χ3v) is 2.15. The lowest BCUT2D eigenvalue weighted by Gasteiger charge is -2.14. The zero-order chi connectivity index (χ0) is 12.8. The maximum Gasteiger partial charge on any atom is 0.354 e. The van der Waals surface area contributed by atoms with Crippen LogP contribution in [0.1, 0.15) is 16.2 Å². The number of nitrogens with zero attached hydrogens (tertiary/aromatic N) is 2. The van der Waals surface area contributed by atoms with Crippen LogP contribution in [0.3, 0.4) is 0 Å². The van der Waals surface area contributed by atoms with E-state index >= 15 is 0 Å². The normalized spacial score (nSPS) is 10.3. The Hall–Kier alpha value is -1.95. The number of nitrogens with one attached hydrogen (secondary N) is 1. The van der Waals surface area contributed by atoms with Gasteiger partial charge in [0, 0.05) is 13.6 Å². The van der Waals surface area contributed by atoms with Gasteiger partial charge in [0.15, 0.2) is 0 Å². The van der Waals surface area contributed by atoms with Gasteiger partial charge in [0.2, 0.25) is 5.91 Å². The minimum Gasteiger partial charge on any atom is -0.477 e. The summed E-state index contributed by atoms with van der Waals surface area (Å²) in [6, 6.07) is 4.80. The highest BCUT2D eigenvalue weighted by Gasteiger charge is 2.08. The molecule has 6 nitrogen and oxygen atoms in total. The number of carbonyl (C=O) groups excluding carboxylic acids is 1. The van der Waals surface area contributed by atoms with Gasteiger partial charge < -0.3 is 10.4 Å². The average molecular weight is 237 g/mol. The second kappa shape index (κ2) is 5.95. The topological polar surface area (TPSA) is 82.5 Å². The summed E-state index contributed by atoms with van der Waals surface area (Å²) >= 11 is 0. The Morgan fingerprint density at radius 2 is 2.18 bits per heavy atom. The molecule has 0 aliphatic rings. The predicted molar refractivity (Wildman–Crippen MR) is 61.6 cm³/mol. The third-order valence-electron chi connectivity index (χ3n) is 2.15. The number of pyridine rings is 1. The van der Waals surface area contributed by atoms with Crippen molar-refractivity contribution in [1.82, 2.24) is 15.2 Å². The Balaban J connectivity index is 2.65. The molecule has 0 saturated carbocycles. The molecule has 0 fully saturated rings. The van der Waals surface area contributed by atoms with Gasteiger partial charge in [0.1, 0.15) is 5.69 Å². The van der Waals surface area contributed by atoms with E-state index in [4.69, 9.17) is 5.11 Å². The summed E-state index contributed by atoms with van der Waals surface area (Å²) in [7, 11) is 3.34. The zero-order valence-corrected chi connectivity index (χ0v) is 9.80. The summed E-state index contributed by atoms with van der Waals surface area (Å²) < 4.78 is 0. The highest BCUT2D eigenvalue weighted by molar-refractivity contribution is 5.85. The van der Waals surface area contributed by atoms with E-state index in [2.05, 4.69) is 10.3 Å². The fourth-order valence-electron chi connectivity index (χ4n) is 1.34. The number of hydrogen-bond acceptors (Lipinski definition) is 4. The summed E-state index contributed by atoms with van der Waals surface area (Å²) in [6.07, 6.45) is 0. The van der Waals surface area contributed by atoms with Crippen LogP contribution < -0.4 is 5.32 Å². The Labute approximate surface area is 99.3 Å². The first-order chi connectivity index (χ1) is 8.02. The molecule has 2 N–H and O–H groups in total. The van der Waals surface area contributed by atoms with Crippen LogP contribution in [-0.4, -0.2) is 47.5 Å². The molecule has 6 heteroatoms. The molecular weight excluding hydrogens is 222 g/mol. The summed E-state index contributed by atoms with van der Waals surface area (Å²) in [5.74, 6) is -1.15. The number of aromatic nitrogens is 1. The zero-order valence-electron chi connectivity index (χ0n) is 9.80. The number of carbonyl (C=O) groups is 2. The largest absolute Gasteiger partial charge is 0.477 e. The minimum absolute atomic E-state index is 0.0100. The van der Waals surface area contributed by atoms with Crippen molar-refractivity contribution in [3.8, 4) is 0 Å². The van der Waals surface area contributed by atoms with Crippen molar-refractivity contribution in [3.63, 3.8) is 0 Å². The standard InChI is InChI=1S/C11H15N3O3/c1-12-10(15)7-14(2)6-8-4-3-5-9(13-8)11(16)17/h3-5H,6-7H2,1-2H3,(H,12,15)(H,16,17). The monoisotopic (exact) mass is 237 g/mol. The quantitative estimate of drug-likeness (QED) is 0.750. The lowest BCUT2D eigenvalue weighted by molar-refractivity contribution is -0.121. The van der Waals surface area contributed by atoms with Gasteiger partial charge in [-0.3, -0.25) is 9.69 Å². The van der Waals surface area contributed by atoms with Crippen LogP contribution >= 0.6 is 0 Å². The van der Waals surface area contributed by atoms with Gasteiger partial charge in [-0.15, -0.1) is 0 Å². The lowest BCUT2D eigenvalue weighted by Crippen LogP contribution is -2.32. The molecule has 17 heavy (non-hydrogen) atoms. The number of amides is 1. The Morgan fingerprint density at radius 3 is 2.76 bits per heavy atom. The van der Waals surface area contributed by atoms with Crippen LogP contribution in [0, 0.1) is 0 Å². The first kappa shape index (κ1) is 13.1. The van der Waals surface area contributed by atoms with Crippen LogP contribution in [0.15, 0.2) is 18.2 Å². The van der Waals surface area contributed by atoms with Gasteiger partial charge in [-0.1, -0.05) is 6.07 Å². The van der Waals surface area contributed by atoms with Crippen molar-refractivity contribution in [1.29, 1.82) is 0 Å². The van der Waals surface area contributed by atoms with E-state index in [0.717, 1.165) is 0 Å². The molecule has 0 saturated heterocycles. The number of hydrogen-bond donors (Lipinski definition) is 2. The number of aromatic carboxylic acids is 1. The molecule has 0 radical (unpaired) electrons. The maximum absolute atomic E-state index is 11.1. The van der Waals surface area contributed by atoms with Gasteiger partial charge >= 0.3 is 5.97 Å². The van der Waals surface area contributed by atoms with E-state index in [-0.39, 0.29) is 18.1 Å². The van der Waals surface area contributed by atoms with Gasteiger partial charge in [-0.05, 0) is 19.2 Å². The fraction of sp³-hybridized carbons (Fsp3) is 0.364. The van der Waals surface area contributed by atoms with Crippen molar-refractivity contribution >= 4 is 11.9 Å². The van der Waals surface area contributed by atoms with Crippen LogP contribution in [0.25, 0.3) is 0 Å². The second-order valence-corrected chi connectivity index (χ2v) is 3.66. The molecule has 1 amide bonds. The van der Waals surface area contributed by atoms with Gasteiger partial charge in [0.05, 0.1) is 12.2 Å². The van der Waals surface area contributed by atoms with Crippen molar-refractivity contribution in [2.75, 3.05) is 20.6 Å². The highest BCUT2D eigenvalue weighted by Crippen LogP contribution is 2.02. The van der Waals surface area contributed by atoms with E-state index in [1.165, 1.54) is 6.07 Å². The average Bonchev–Trinajstić information content (AvgIpc) is 2.28. The molecular formula is C11H15N3O3. The molecule has 0 bridgehead atoms. The first-order valence-corrected chi connectivity index (χ1v) is 5.11. The van der Waals surface area contributed by atoms with Crippen molar-refractivity contribution < 1.29 is 14.7 Å². The fourth-order valence-corrected chi connectivity index (χ4v) is 1.34. The second-order valence-electron chi connectivity index (χ2n) is 3.66. The Bertz CT molecular complexity index is 420. The number of carboxylic acids is 1. The molecule has 1 rings (SSSR count). The molecule has 0 atom stereocenters. The molecule has 1 heterocycles. The van der Waals surface area contributed by atoms with E-state index < -0.39 is 5.97 Å². The Morgan fingerprint density at radius 1 is 1.47 bits per heavy atom. The van der Waals surface area contributed by atoms with Crippen LogP contribution in [0.2, 0.25) is 0 Å². The highest BCUT2D eigenvalue weighted by atomic mass is 16.4. The molecule has 0 spiro atoms. The van der Waals surface area contributed by atoms with Crippen molar-refractivity contribution in [3.05, 3.63) is 29.6 Å². The summed E-state index contributed by atoms with van der Waals surface area (Å²) in [5, 5.41) is 11.3. The summed E-state index contributed by atoms with van der Waals surface area (Å²) in [4.78, 5) is 27.6. The van der Waals surface area contributed by atoms with E-state index in [0.29, 0.717) is 12.2 Å². The molecule has 0 aliphatic carbocycles. The van der Waals surface area contributed by atoms with E-state index in [1.807, 2.05) is 0 Å². The molecule has 1 aromatic heterocycles. The van der Waals surface area contributed by atoms with Crippen LogP contribution in [0.4, 0.5) is 0 Å². The van der Waals surface area contributed by atoms with E-state index in [1.54, 1.807) is 31.1 Å². The molecule has 0 unspecified atom stereocenters. The maximum atomic E-state index is 11.1. The smallest absolute Gasteiger partial charge is 0.354 e. The number of rotatable bonds is 5. The van der Waals surface area contributed by atoms with Gasteiger partial charge in [-0.25, -0.2) is 9.78 Å². The summed E-state index contributed by atoms with van der Waals surface area (Å²) in [5.41, 5.74) is 0.632. The van der Waals surface area contributed by atoms with Crippen LogP contribution in [0.5, 0.6) is 0 Å². The third kappa shape index (κ3) is 4.20. The van der Waals surface area contributed by atoms with Gasteiger partial charge in [-0.2, -0.15) is 0 Å². The van der Waals surface area contributed by atoms with Crippen molar-refractivity contribution in [2.24, 2.45) is 0 Å². The van der Waals surface area contributed by atoms with E-state index in [9.17, 15) is 9.59 Å². The Kier molecular flexibility index (Phi) is 4.59. The van der Waals surface area contributed by atoms with Crippen LogP contribution in [-0.2, 0) is 11.3 Å². The van der Waals surface area contributed by atoms with Gasteiger partial charge in [0.25, 0.3) is 0 Å². The number of carboxylic acid groups (broad SMARTS) is 1. The first-order valence-electron chi connectivity index (χ1n) is 5.11. The minimum atomic E-state index is -1.05. The lowest BCUT2D eigenvalue weighted by atomic mass is 10.3. The molecule has 92 valence electrons. The number of likely N-dealkylation sites (N-methyl/N-ethyl adjacent to an activating group) is 2. The summed E-state index contributed by atoms with van der Waals surface area (Å²) in [6.45, 7) is 0.671. The SMILES string of the molecule is CNC(=O)CN(C)Cc1cccc(C(=O)O)n1. The van der Waals surface area contributed by atoms with Crippen molar-refractivity contribution in [2.45, 2.75) is 6.54 Å². The molecule has 0 aliphatic heterocycles. The molecule has 0 aromatic carbocycles. The predicted octanol–water partition coefficient (Wildman–Crippen LogP) is -0.0424. The molecule has 1 aromatic rings.